The Balaban J connectivity index is 1.76. The van der Waals surface area contributed by atoms with Gasteiger partial charge in [0.2, 0.25) is 0 Å². The highest BCUT2D eigenvalue weighted by atomic mass is 35.5. The monoisotopic (exact) mass is 408 g/mol. The van der Waals surface area contributed by atoms with Gasteiger partial charge in [0.05, 0.1) is 10.7 Å². The Bertz CT molecular complexity index is 842. The number of thioether (sulfide) groups is 1. The molecule has 0 unspecified atom stereocenters. The zero-order valence-corrected chi connectivity index (χ0v) is 16.0. The van der Waals surface area contributed by atoms with Gasteiger partial charge in [0.15, 0.2) is 6.61 Å². The van der Waals surface area contributed by atoms with Crippen LogP contribution in [0.4, 0.5) is 11.4 Å². The minimum absolute atomic E-state index is 0.0146. The lowest BCUT2D eigenvalue weighted by Gasteiger charge is -2.07. The fraction of sp³-hybridized carbons (Fsp3) is 0.222. The van der Waals surface area contributed by atoms with E-state index in [1.54, 1.807) is 0 Å². The van der Waals surface area contributed by atoms with Gasteiger partial charge < -0.3 is 10.1 Å². The molecule has 0 aliphatic rings. The molecule has 0 bridgehead atoms. The van der Waals surface area contributed by atoms with Crippen molar-refractivity contribution in [1.82, 2.24) is 0 Å². The highest BCUT2D eigenvalue weighted by molar-refractivity contribution is 7.99. The van der Waals surface area contributed by atoms with Crippen LogP contribution in [0.1, 0.15) is 11.1 Å². The molecule has 1 N–H and O–H groups in total. The summed E-state index contributed by atoms with van der Waals surface area (Å²) in [6.07, 6.45) is 0. The Morgan fingerprint density at radius 1 is 1.22 bits per heavy atom. The Morgan fingerprint density at radius 2 is 1.93 bits per heavy atom. The van der Waals surface area contributed by atoms with Gasteiger partial charge in [-0.05, 0) is 24.6 Å². The number of anilines is 1. The SMILES string of the molecule is Cc1ccc(CSCC(=O)OCC(=O)Nc2ccc(Cl)cc2[N+](=O)[O-])cc1. The molecule has 0 saturated carbocycles. The normalized spacial score (nSPS) is 10.3. The first-order valence-corrected chi connectivity index (χ1v) is 9.41. The van der Waals surface area contributed by atoms with Gasteiger partial charge in [0.25, 0.3) is 11.6 Å². The van der Waals surface area contributed by atoms with Gasteiger partial charge in [-0.25, -0.2) is 0 Å². The summed E-state index contributed by atoms with van der Waals surface area (Å²) in [6.45, 7) is 1.47. The van der Waals surface area contributed by atoms with Gasteiger partial charge in [-0.3, -0.25) is 19.7 Å². The molecule has 0 heterocycles. The van der Waals surface area contributed by atoms with E-state index >= 15 is 0 Å². The van der Waals surface area contributed by atoms with Crippen molar-refractivity contribution < 1.29 is 19.2 Å². The van der Waals surface area contributed by atoms with Gasteiger partial charge in [0.1, 0.15) is 5.69 Å². The molecular formula is C18H17ClN2O5S. The average molecular weight is 409 g/mol. The lowest BCUT2D eigenvalue weighted by atomic mass is 10.2. The molecule has 142 valence electrons. The number of amides is 1. The molecule has 0 aromatic heterocycles. The molecule has 2 aromatic rings. The predicted octanol–water partition coefficient (Wildman–Crippen LogP) is 3.97. The number of nitrogens with zero attached hydrogens (tertiary/aromatic N) is 1. The van der Waals surface area contributed by atoms with E-state index in [-0.39, 0.29) is 22.2 Å². The van der Waals surface area contributed by atoms with E-state index in [4.69, 9.17) is 16.3 Å². The summed E-state index contributed by atoms with van der Waals surface area (Å²) >= 11 is 7.09. The maximum atomic E-state index is 11.9. The van der Waals surface area contributed by atoms with E-state index in [9.17, 15) is 19.7 Å². The maximum Gasteiger partial charge on any atom is 0.316 e. The van der Waals surface area contributed by atoms with Crippen LogP contribution in [0.2, 0.25) is 5.02 Å². The number of ether oxygens (including phenoxy) is 1. The molecule has 0 spiro atoms. The van der Waals surface area contributed by atoms with Gasteiger partial charge in [0, 0.05) is 16.8 Å². The number of nitrogens with one attached hydrogen (secondary N) is 1. The number of hydrogen-bond acceptors (Lipinski definition) is 6. The van der Waals surface area contributed by atoms with Crippen LogP contribution < -0.4 is 5.32 Å². The van der Waals surface area contributed by atoms with Gasteiger partial charge >= 0.3 is 5.97 Å². The molecule has 0 saturated heterocycles. The standard InChI is InChI=1S/C18H17ClN2O5S/c1-12-2-4-13(5-3-12)10-27-11-18(23)26-9-17(22)20-15-7-6-14(19)8-16(15)21(24)25/h2-8H,9-11H2,1H3,(H,20,22). The van der Waals surface area contributed by atoms with Crippen molar-refractivity contribution in [3.8, 4) is 0 Å². The summed E-state index contributed by atoms with van der Waals surface area (Å²) in [5.41, 5.74) is 1.90. The van der Waals surface area contributed by atoms with E-state index in [0.29, 0.717) is 5.75 Å². The van der Waals surface area contributed by atoms with Crippen molar-refractivity contribution in [1.29, 1.82) is 0 Å². The lowest BCUT2D eigenvalue weighted by molar-refractivity contribution is -0.383. The average Bonchev–Trinajstić information content (AvgIpc) is 2.63. The van der Waals surface area contributed by atoms with Crippen molar-refractivity contribution in [3.05, 3.63) is 68.7 Å². The summed E-state index contributed by atoms with van der Waals surface area (Å²) in [7, 11) is 0. The number of carbonyl (C=O) groups is 2. The second-order valence-corrected chi connectivity index (χ2v) is 7.03. The molecule has 2 aromatic carbocycles. The first kappa shape index (κ1) is 20.7. The molecule has 0 aliphatic heterocycles. The van der Waals surface area contributed by atoms with E-state index < -0.39 is 23.4 Å². The molecule has 2 rings (SSSR count). The van der Waals surface area contributed by atoms with Crippen molar-refractivity contribution in [3.63, 3.8) is 0 Å². The van der Waals surface area contributed by atoms with Crippen LogP contribution in [0.3, 0.4) is 0 Å². The number of nitro benzene ring substituents is 1. The van der Waals surface area contributed by atoms with Crippen LogP contribution in [-0.2, 0) is 20.1 Å². The van der Waals surface area contributed by atoms with E-state index in [1.807, 2.05) is 31.2 Å². The summed E-state index contributed by atoms with van der Waals surface area (Å²) in [5, 5.41) is 13.5. The molecule has 0 radical (unpaired) electrons. The first-order chi connectivity index (χ1) is 12.8. The second-order valence-electron chi connectivity index (χ2n) is 5.61. The molecular weight excluding hydrogens is 392 g/mol. The lowest BCUT2D eigenvalue weighted by Crippen LogP contribution is -2.22. The van der Waals surface area contributed by atoms with Crippen molar-refractivity contribution >= 4 is 46.6 Å². The van der Waals surface area contributed by atoms with Gasteiger partial charge in [-0.2, -0.15) is 0 Å². The van der Waals surface area contributed by atoms with Crippen molar-refractivity contribution in [2.45, 2.75) is 12.7 Å². The Hall–Kier alpha value is -2.58. The Labute approximate surface area is 165 Å². The zero-order chi connectivity index (χ0) is 19.8. The molecule has 7 nitrogen and oxygen atoms in total. The Kier molecular flexibility index (Phi) is 7.63. The smallest absolute Gasteiger partial charge is 0.316 e. The summed E-state index contributed by atoms with van der Waals surface area (Å²) < 4.78 is 4.89. The van der Waals surface area contributed by atoms with E-state index in [2.05, 4.69) is 5.32 Å². The molecule has 0 aliphatic carbocycles. The fourth-order valence-electron chi connectivity index (χ4n) is 2.07. The number of aryl methyl sites for hydroxylation is 1. The minimum Gasteiger partial charge on any atom is -0.455 e. The maximum absolute atomic E-state index is 11.9. The number of nitro groups is 1. The van der Waals surface area contributed by atoms with Crippen LogP contribution in [-0.4, -0.2) is 29.2 Å². The molecule has 27 heavy (non-hydrogen) atoms. The van der Waals surface area contributed by atoms with Crippen molar-refractivity contribution in [2.75, 3.05) is 17.7 Å². The number of rotatable bonds is 8. The number of benzene rings is 2. The van der Waals surface area contributed by atoms with Gasteiger partial charge in [-0.1, -0.05) is 41.4 Å². The van der Waals surface area contributed by atoms with Crippen LogP contribution in [0, 0.1) is 17.0 Å². The van der Waals surface area contributed by atoms with Crippen LogP contribution in [0.15, 0.2) is 42.5 Å². The first-order valence-electron chi connectivity index (χ1n) is 7.88. The van der Waals surface area contributed by atoms with Gasteiger partial charge in [-0.15, -0.1) is 11.8 Å². The summed E-state index contributed by atoms with van der Waals surface area (Å²) in [6, 6.07) is 11.8. The predicted molar refractivity (Wildman–Crippen MR) is 105 cm³/mol. The molecule has 0 atom stereocenters. The van der Waals surface area contributed by atoms with Crippen LogP contribution >= 0.6 is 23.4 Å². The van der Waals surface area contributed by atoms with Crippen LogP contribution in [0.25, 0.3) is 0 Å². The number of carbonyl (C=O) groups excluding carboxylic acids is 2. The van der Waals surface area contributed by atoms with Crippen LogP contribution in [0.5, 0.6) is 0 Å². The summed E-state index contributed by atoms with van der Waals surface area (Å²) in [5.74, 6) is -0.453. The highest BCUT2D eigenvalue weighted by Crippen LogP contribution is 2.27. The molecule has 9 heteroatoms. The number of hydrogen-bond donors (Lipinski definition) is 1. The zero-order valence-electron chi connectivity index (χ0n) is 14.4. The third-order valence-corrected chi connectivity index (χ3v) is 4.62. The summed E-state index contributed by atoms with van der Waals surface area (Å²) in [4.78, 5) is 33.9. The van der Waals surface area contributed by atoms with E-state index in [0.717, 1.165) is 17.2 Å². The topological polar surface area (TPSA) is 98.5 Å². The number of esters is 1. The molecule has 1 amide bonds. The third-order valence-electron chi connectivity index (χ3n) is 3.40. The quantitative estimate of drug-likeness (QED) is 0.403. The minimum atomic E-state index is -0.669. The second kappa shape index (κ2) is 9.94. The highest BCUT2D eigenvalue weighted by Gasteiger charge is 2.17. The van der Waals surface area contributed by atoms with Crippen molar-refractivity contribution in [2.24, 2.45) is 0 Å². The third kappa shape index (κ3) is 6.92. The molecule has 0 fully saturated rings. The number of halogens is 1. The largest absolute Gasteiger partial charge is 0.455 e. The van der Waals surface area contributed by atoms with E-state index in [1.165, 1.54) is 23.9 Å². The fourth-order valence-corrected chi connectivity index (χ4v) is 3.02. The Morgan fingerprint density at radius 3 is 2.59 bits per heavy atom.